The minimum Gasteiger partial charge on any atom is -0.195 e. The first-order chi connectivity index (χ1) is 2.41. The van der Waals surface area contributed by atoms with Crippen LogP contribution in [0.4, 0.5) is 0 Å². The summed E-state index contributed by atoms with van der Waals surface area (Å²) in [5.41, 5.74) is 0. The van der Waals surface area contributed by atoms with Crippen LogP contribution in [0.2, 0.25) is 0 Å². The van der Waals surface area contributed by atoms with Gasteiger partial charge in [-0.05, 0) is 0 Å². The molecule has 0 amide bonds. The topological polar surface area (TPSA) is 23.8 Å². The summed E-state index contributed by atoms with van der Waals surface area (Å²) in [6.45, 7) is 1.35. The summed E-state index contributed by atoms with van der Waals surface area (Å²) in [5.74, 6) is 1.86. The first-order valence-corrected chi connectivity index (χ1v) is 2.17. The molecule has 3 radical (unpaired) electrons. The van der Waals surface area contributed by atoms with E-state index in [0.717, 1.165) is 0 Å². The van der Waals surface area contributed by atoms with Crippen LogP contribution in [0.15, 0.2) is 0 Å². The monoisotopic (exact) mass is 80.0 g/mol. The first kappa shape index (κ1) is 5.05. The molecule has 0 bridgehead atoms. The van der Waals surface area contributed by atoms with Crippen LogP contribution < -0.4 is 0 Å². The largest absolute Gasteiger partial charge is 0.195 e. The molecule has 0 aliphatic rings. The lowest BCUT2D eigenvalue weighted by Crippen LogP contribution is -1.68. The van der Waals surface area contributed by atoms with E-state index in [1.54, 1.807) is 0 Å². The van der Waals surface area contributed by atoms with Crippen LogP contribution in [0.1, 0.15) is 0 Å². The van der Waals surface area contributed by atoms with Gasteiger partial charge in [0.05, 0.1) is 5.81 Å². The minimum atomic E-state index is 0.156. The molecule has 0 saturated carbocycles. The molecule has 0 aromatic heterocycles. The standard InChI is InChI=1S/CHB2NP/c2-3-5-1-4/h5H. The van der Waals surface area contributed by atoms with Crippen molar-refractivity contribution in [2.45, 2.75) is 0 Å². The minimum absolute atomic E-state index is 0.156. The SMILES string of the molecule is [B][B]PC#N. The van der Waals surface area contributed by atoms with Crippen LogP contribution >= 0.6 is 8.46 Å². The van der Waals surface area contributed by atoms with Gasteiger partial charge in [-0.25, -0.2) is 0 Å². The van der Waals surface area contributed by atoms with E-state index in [2.05, 4.69) is 0 Å². The zero-order valence-corrected chi connectivity index (χ0v) is 3.60. The second-order valence-corrected chi connectivity index (χ2v) is 1.27. The molecule has 5 heavy (non-hydrogen) atoms. The lowest BCUT2D eigenvalue weighted by Gasteiger charge is -1.63. The second-order valence-electron chi connectivity index (χ2n) is 0.423. The molecule has 1 unspecified atom stereocenters. The molecule has 0 aromatic rings. The predicted molar refractivity (Wildman–Crippen MR) is 25.4 cm³/mol. The molecule has 0 saturated heterocycles. The zero-order chi connectivity index (χ0) is 4.12. The number of hydrogen-bond donors (Lipinski definition) is 0. The predicted octanol–water partition coefficient (Wildman–Crippen LogP) is -0.151. The molecule has 1 nitrogen and oxygen atoms in total. The Morgan fingerprint density at radius 1 is 2.00 bits per heavy atom. The van der Waals surface area contributed by atoms with E-state index >= 15 is 0 Å². The Balaban J connectivity index is 2.48. The van der Waals surface area contributed by atoms with Crippen molar-refractivity contribution >= 4 is 23.1 Å². The summed E-state index contributed by atoms with van der Waals surface area (Å²) < 4.78 is 0. The van der Waals surface area contributed by atoms with Gasteiger partial charge in [0.1, 0.15) is 6.89 Å². The van der Waals surface area contributed by atoms with E-state index < -0.39 is 0 Å². The second kappa shape index (κ2) is 4.05. The summed E-state index contributed by atoms with van der Waals surface area (Å²) >= 11 is 0. The van der Waals surface area contributed by atoms with Crippen LogP contribution in [0, 0.1) is 11.1 Å². The molecule has 0 N–H and O–H groups in total. The Labute approximate surface area is 35.1 Å². The van der Waals surface area contributed by atoms with Crippen LogP contribution in [-0.4, -0.2) is 14.6 Å². The van der Waals surface area contributed by atoms with Gasteiger partial charge in [-0.1, -0.05) is 8.46 Å². The van der Waals surface area contributed by atoms with Gasteiger partial charge >= 0.3 is 0 Å². The van der Waals surface area contributed by atoms with Crippen molar-refractivity contribution < 1.29 is 0 Å². The van der Waals surface area contributed by atoms with Gasteiger partial charge < -0.3 is 0 Å². The quantitative estimate of drug-likeness (QED) is 0.317. The Kier molecular flexibility index (Phi) is 4.09. The van der Waals surface area contributed by atoms with Crippen molar-refractivity contribution in [2.24, 2.45) is 0 Å². The molecule has 0 heterocycles. The Morgan fingerprint density at radius 2 is 2.60 bits per heavy atom. The first-order valence-electron chi connectivity index (χ1n) is 1.10. The van der Waals surface area contributed by atoms with Gasteiger partial charge in [-0.2, -0.15) is 5.26 Å². The molecule has 4 heteroatoms. The maximum atomic E-state index is 7.72. The number of nitrogens with zero attached hydrogens (tertiary/aromatic N) is 1. The fourth-order valence-corrected chi connectivity index (χ4v) is 0.112. The van der Waals surface area contributed by atoms with E-state index in [1.165, 1.54) is 6.89 Å². The molecule has 0 spiro atoms. The fourth-order valence-electron chi connectivity index (χ4n) is 0.0373. The fraction of sp³-hybridized carbons (Fsp3) is 0. The van der Waals surface area contributed by atoms with Crippen molar-refractivity contribution in [3.8, 4) is 5.81 Å². The van der Waals surface area contributed by atoms with Crippen molar-refractivity contribution in [3.63, 3.8) is 0 Å². The van der Waals surface area contributed by atoms with Gasteiger partial charge in [-0.3, -0.25) is 0 Å². The molecule has 0 aromatic carbocycles. The van der Waals surface area contributed by atoms with E-state index in [0.29, 0.717) is 0 Å². The Bertz CT molecular complexity index is 48.1. The van der Waals surface area contributed by atoms with Crippen LogP contribution in [0.3, 0.4) is 0 Å². The van der Waals surface area contributed by atoms with Crippen molar-refractivity contribution in [2.75, 3.05) is 0 Å². The molecule has 1 atom stereocenters. The number of hydrogen-bond acceptors (Lipinski definition) is 1. The Hall–Kier alpha value is 0.0499. The summed E-state index contributed by atoms with van der Waals surface area (Å²) in [6.07, 6.45) is 0. The highest BCUT2D eigenvalue weighted by Crippen LogP contribution is 1.95. The van der Waals surface area contributed by atoms with E-state index in [-0.39, 0.29) is 8.46 Å². The maximum absolute atomic E-state index is 7.72. The average Bonchev–Trinajstić information content (AvgIpc) is 1.41. The molecule has 0 aliphatic heterocycles. The molecule has 0 aliphatic carbocycles. The molecule has 0 rings (SSSR count). The third-order valence-electron chi connectivity index (χ3n) is 0.148. The van der Waals surface area contributed by atoms with E-state index in [1.807, 2.05) is 5.81 Å². The molecular weight excluding hydrogens is 78.6 g/mol. The lowest BCUT2D eigenvalue weighted by molar-refractivity contribution is 1.57. The van der Waals surface area contributed by atoms with E-state index in [4.69, 9.17) is 13.0 Å². The maximum Gasteiger partial charge on any atom is 0.106 e. The third-order valence-corrected chi connectivity index (χ3v) is 0.444. The third kappa shape index (κ3) is 4.05. The summed E-state index contributed by atoms with van der Waals surface area (Å²) in [4.78, 5) is 0. The highest BCUT2D eigenvalue weighted by Gasteiger charge is 1.68. The highest BCUT2D eigenvalue weighted by atomic mass is 31.1. The molecular formula is CHB2NP. The molecule has 21 valence electrons. The van der Waals surface area contributed by atoms with Crippen molar-refractivity contribution in [3.05, 3.63) is 0 Å². The van der Waals surface area contributed by atoms with Crippen LogP contribution in [-0.2, 0) is 0 Å². The molecule has 0 fully saturated rings. The summed E-state index contributed by atoms with van der Waals surface area (Å²) in [6, 6.07) is 0. The summed E-state index contributed by atoms with van der Waals surface area (Å²) in [7, 11) is 4.96. The highest BCUT2D eigenvalue weighted by molar-refractivity contribution is 7.81. The van der Waals surface area contributed by atoms with Crippen molar-refractivity contribution in [1.82, 2.24) is 0 Å². The van der Waals surface area contributed by atoms with Crippen LogP contribution in [0.25, 0.3) is 0 Å². The van der Waals surface area contributed by atoms with Gasteiger partial charge in [0.25, 0.3) is 0 Å². The van der Waals surface area contributed by atoms with E-state index in [9.17, 15) is 0 Å². The van der Waals surface area contributed by atoms with Gasteiger partial charge in [0.15, 0.2) is 0 Å². The van der Waals surface area contributed by atoms with Gasteiger partial charge in [-0.15, -0.1) is 0 Å². The summed E-state index contributed by atoms with van der Waals surface area (Å²) in [5, 5.41) is 7.72. The van der Waals surface area contributed by atoms with Gasteiger partial charge in [0, 0.05) is 7.74 Å². The Morgan fingerprint density at radius 3 is 2.60 bits per heavy atom. The smallest absolute Gasteiger partial charge is 0.106 e. The van der Waals surface area contributed by atoms with Gasteiger partial charge in [0.2, 0.25) is 0 Å². The lowest BCUT2D eigenvalue weighted by atomic mass is 9.79. The zero-order valence-electron chi connectivity index (χ0n) is 2.60. The van der Waals surface area contributed by atoms with Crippen molar-refractivity contribution in [1.29, 1.82) is 5.26 Å². The van der Waals surface area contributed by atoms with Crippen LogP contribution in [0.5, 0.6) is 0 Å². The number of rotatable bonds is 1. The average molecular weight is 79.6 g/mol. The normalized spacial score (nSPS) is 7.80. The number of nitriles is 1.